The number of carbonyl (C=O) groups excluding carboxylic acids is 2. The number of nitro groups is 1. The molecule has 10 nitrogen and oxygen atoms in total. The third-order valence-corrected chi connectivity index (χ3v) is 4.53. The number of rotatable bonds is 9. The molecule has 2 aromatic rings. The molecule has 0 bridgehead atoms. The lowest BCUT2D eigenvalue weighted by molar-refractivity contribution is -0.385. The normalized spacial score (nSPS) is 11.2. The fourth-order valence-corrected chi connectivity index (χ4v) is 3.11. The van der Waals surface area contributed by atoms with E-state index in [1.165, 1.54) is 6.92 Å². The van der Waals surface area contributed by atoms with Crippen molar-refractivity contribution < 1.29 is 37.5 Å². The third kappa shape index (κ3) is 5.32. The molecule has 0 aliphatic heterocycles. The summed E-state index contributed by atoms with van der Waals surface area (Å²) in [6.45, 7) is 1.51. The van der Waals surface area contributed by atoms with E-state index in [-0.39, 0.29) is 34.7 Å². The Balaban J connectivity index is 2.61. The minimum atomic E-state index is -3.26. The Morgan fingerprint density at radius 2 is 1.97 bits per heavy atom. The SMILES string of the molecule is CCOC(=O)c1c(C)[nH]c(C(=O)/C(C#N)=C/c2cc(OC)c(OC(F)F)cc2[N+](=O)[O-])c1C. The summed E-state index contributed by atoms with van der Waals surface area (Å²) in [6, 6.07) is 3.38. The fourth-order valence-electron chi connectivity index (χ4n) is 3.11. The molecule has 0 amide bonds. The number of Topliss-reactive ketones (excluding diaryl/α,β-unsaturated/α-hetero) is 1. The zero-order valence-corrected chi connectivity index (χ0v) is 18.0. The summed E-state index contributed by atoms with van der Waals surface area (Å²) in [7, 11) is 1.13. The smallest absolute Gasteiger partial charge is 0.387 e. The Bertz CT molecular complexity index is 1180. The van der Waals surface area contributed by atoms with Gasteiger partial charge in [-0.05, 0) is 38.5 Å². The molecule has 1 N–H and O–H groups in total. The number of aromatic amines is 1. The second-order valence-corrected chi connectivity index (χ2v) is 6.54. The molecule has 0 aliphatic rings. The van der Waals surface area contributed by atoms with Crippen LogP contribution >= 0.6 is 0 Å². The summed E-state index contributed by atoms with van der Waals surface area (Å²) in [4.78, 5) is 38.5. The first-order valence-electron chi connectivity index (χ1n) is 9.39. The predicted octanol–water partition coefficient (Wildman–Crippen LogP) is 4.12. The van der Waals surface area contributed by atoms with Crippen LogP contribution in [-0.4, -0.2) is 42.0 Å². The van der Waals surface area contributed by atoms with Gasteiger partial charge in [0.15, 0.2) is 11.5 Å². The van der Waals surface area contributed by atoms with Crippen LogP contribution < -0.4 is 9.47 Å². The number of nitro benzene ring substituents is 1. The number of alkyl halides is 2. The van der Waals surface area contributed by atoms with E-state index in [4.69, 9.17) is 9.47 Å². The quantitative estimate of drug-likeness (QED) is 0.146. The summed E-state index contributed by atoms with van der Waals surface area (Å²) in [5.41, 5.74) is -0.817. The minimum Gasteiger partial charge on any atom is -0.493 e. The Morgan fingerprint density at radius 3 is 2.48 bits per heavy atom. The van der Waals surface area contributed by atoms with Crippen molar-refractivity contribution in [2.45, 2.75) is 27.4 Å². The molecule has 12 heteroatoms. The minimum absolute atomic E-state index is 0.0735. The summed E-state index contributed by atoms with van der Waals surface area (Å²) in [6.07, 6.45) is 0.925. The van der Waals surface area contributed by atoms with Crippen molar-refractivity contribution in [3.05, 3.63) is 55.9 Å². The topological polar surface area (TPSA) is 145 Å². The van der Waals surface area contributed by atoms with E-state index in [9.17, 15) is 33.7 Å². The molecular formula is C21H19F2N3O7. The van der Waals surface area contributed by atoms with E-state index in [2.05, 4.69) is 9.72 Å². The first kappa shape index (κ1) is 25.0. The van der Waals surface area contributed by atoms with Crippen LogP contribution in [0.1, 0.15) is 44.6 Å². The van der Waals surface area contributed by atoms with Gasteiger partial charge in [0.25, 0.3) is 5.69 Å². The number of H-pyrrole nitrogens is 1. The van der Waals surface area contributed by atoms with Crippen molar-refractivity contribution >= 4 is 23.5 Å². The number of aryl methyl sites for hydroxylation is 1. The van der Waals surface area contributed by atoms with Crippen LogP contribution in [0.2, 0.25) is 0 Å². The molecule has 0 spiro atoms. The number of nitriles is 1. The van der Waals surface area contributed by atoms with Crippen molar-refractivity contribution in [3.8, 4) is 17.6 Å². The summed E-state index contributed by atoms with van der Waals surface area (Å²) in [5, 5.41) is 21.0. The van der Waals surface area contributed by atoms with E-state index in [0.29, 0.717) is 11.8 Å². The molecular weight excluding hydrogens is 444 g/mol. The molecule has 1 aromatic carbocycles. The van der Waals surface area contributed by atoms with Crippen LogP contribution in [0.4, 0.5) is 14.5 Å². The Kier molecular flexibility index (Phi) is 7.85. The van der Waals surface area contributed by atoms with E-state index < -0.39 is 40.3 Å². The second-order valence-electron chi connectivity index (χ2n) is 6.54. The lowest BCUT2D eigenvalue weighted by Crippen LogP contribution is -2.08. The molecule has 0 atom stereocenters. The van der Waals surface area contributed by atoms with Gasteiger partial charge in [-0.1, -0.05) is 0 Å². The number of benzene rings is 1. The maximum absolute atomic E-state index is 13.0. The molecule has 0 unspecified atom stereocenters. The number of hydrogen-bond acceptors (Lipinski definition) is 8. The number of ether oxygens (including phenoxy) is 3. The van der Waals surface area contributed by atoms with E-state index in [1.807, 2.05) is 0 Å². The van der Waals surface area contributed by atoms with Gasteiger partial charge in [-0.15, -0.1) is 0 Å². The van der Waals surface area contributed by atoms with Gasteiger partial charge in [-0.3, -0.25) is 14.9 Å². The van der Waals surface area contributed by atoms with Gasteiger partial charge in [0.05, 0.1) is 41.5 Å². The monoisotopic (exact) mass is 463 g/mol. The highest BCUT2D eigenvalue weighted by molar-refractivity contribution is 6.15. The van der Waals surface area contributed by atoms with Crippen molar-refractivity contribution in [1.82, 2.24) is 4.98 Å². The van der Waals surface area contributed by atoms with Crippen LogP contribution in [0, 0.1) is 35.3 Å². The van der Waals surface area contributed by atoms with Gasteiger partial charge in [-0.25, -0.2) is 4.79 Å². The van der Waals surface area contributed by atoms with Crippen LogP contribution in [0.25, 0.3) is 6.08 Å². The van der Waals surface area contributed by atoms with Gasteiger partial charge < -0.3 is 19.2 Å². The predicted molar refractivity (Wildman–Crippen MR) is 110 cm³/mol. The van der Waals surface area contributed by atoms with Gasteiger partial charge in [0.2, 0.25) is 5.78 Å². The highest BCUT2D eigenvalue weighted by Gasteiger charge is 2.26. The number of nitrogens with one attached hydrogen (secondary N) is 1. The molecule has 2 rings (SSSR count). The second kappa shape index (κ2) is 10.4. The Labute approximate surface area is 186 Å². The number of hydrogen-bond donors (Lipinski definition) is 1. The van der Waals surface area contributed by atoms with Crippen LogP contribution in [0.5, 0.6) is 11.5 Å². The molecule has 0 radical (unpaired) electrons. The fraction of sp³-hybridized carbons (Fsp3) is 0.286. The number of methoxy groups -OCH3 is 1. The molecule has 0 saturated carbocycles. The van der Waals surface area contributed by atoms with Gasteiger partial charge in [0.1, 0.15) is 11.6 Å². The first-order chi connectivity index (χ1) is 15.5. The van der Waals surface area contributed by atoms with Crippen molar-refractivity contribution in [2.75, 3.05) is 13.7 Å². The molecule has 0 aliphatic carbocycles. The average Bonchev–Trinajstić information content (AvgIpc) is 3.05. The maximum atomic E-state index is 13.0. The first-order valence-corrected chi connectivity index (χ1v) is 9.39. The van der Waals surface area contributed by atoms with Gasteiger partial charge >= 0.3 is 12.6 Å². The number of ketones is 1. The van der Waals surface area contributed by atoms with Crippen LogP contribution in [0.3, 0.4) is 0 Å². The lowest BCUT2D eigenvalue weighted by atomic mass is 10.0. The average molecular weight is 463 g/mol. The Hall–Kier alpha value is -4.27. The maximum Gasteiger partial charge on any atom is 0.387 e. The number of nitrogens with zero attached hydrogens (tertiary/aromatic N) is 2. The largest absolute Gasteiger partial charge is 0.493 e. The molecule has 0 saturated heterocycles. The molecule has 33 heavy (non-hydrogen) atoms. The third-order valence-electron chi connectivity index (χ3n) is 4.53. The zero-order valence-electron chi connectivity index (χ0n) is 18.0. The Morgan fingerprint density at radius 1 is 1.30 bits per heavy atom. The number of allylic oxidation sites excluding steroid dienone is 1. The molecule has 1 heterocycles. The summed E-state index contributed by atoms with van der Waals surface area (Å²) >= 11 is 0. The van der Waals surface area contributed by atoms with Crippen LogP contribution in [0.15, 0.2) is 17.7 Å². The zero-order chi connectivity index (χ0) is 24.9. The summed E-state index contributed by atoms with van der Waals surface area (Å²) < 4.78 is 39.4. The van der Waals surface area contributed by atoms with Crippen molar-refractivity contribution in [2.24, 2.45) is 0 Å². The highest BCUT2D eigenvalue weighted by Crippen LogP contribution is 2.37. The van der Waals surface area contributed by atoms with Crippen molar-refractivity contribution in [3.63, 3.8) is 0 Å². The number of aromatic nitrogens is 1. The number of halogens is 2. The standard InChI is InChI=1S/C21H19F2N3O7/c1-5-32-20(28)17-10(2)18(25-11(17)3)19(27)13(9-24)6-12-7-15(31-4)16(33-21(22)23)8-14(12)26(29)30/h6-8,21,25H,5H2,1-4H3/b13-6+. The summed E-state index contributed by atoms with van der Waals surface area (Å²) in [5.74, 6) is -2.35. The van der Waals surface area contributed by atoms with E-state index >= 15 is 0 Å². The van der Waals surface area contributed by atoms with Crippen molar-refractivity contribution in [1.29, 1.82) is 5.26 Å². The van der Waals surface area contributed by atoms with Gasteiger partial charge in [0, 0.05) is 5.69 Å². The number of carbonyl (C=O) groups is 2. The van der Waals surface area contributed by atoms with Gasteiger partial charge in [-0.2, -0.15) is 14.0 Å². The highest BCUT2D eigenvalue weighted by atomic mass is 19.3. The van der Waals surface area contributed by atoms with E-state index in [0.717, 1.165) is 19.3 Å². The molecule has 174 valence electrons. The number of esters is 1. The lowest BCUT2D eigenvalue weighted by Gasteiger charge is -2.11. The van der Waals surface area contributed by atoms with Crippen LogP contribution in [-0.2, 0) is 4.74 Å². The molecule has 0 fully saturated rings. The van der Waals surface area contributed by atoms with E-state index in [1.54, 1.807) is 19.9 Å². The molecule has 1 aromatic heterocycles.